The molecular formula is C7H10N4O3S. The Morgan fingerprint density at radius 1 is 1.73 bits per heavy atom. The van der Waals surface area contributed by atoms with Crippen LogP contribution in [-0.2, 0) is 0 Å². The molecule has 0 aromatic carbocycles. The van der Waals surface area contributed by atoms with E-state index in [1.165, 1.54) is 0 Å². The van der Waals surface area contributed by atoms with Crippen LogP contribution in [0.4, 0.5) is 11.5 Å². The van der Waals surface area contributed by atoms with Gasteiger partial charge in [0.1, 0.15) is 6.33 Å². The number of aromatic nitrogens is 2. The Labute approximate surface area is 89.9 Å². The summed E-state index contributed by atoms with van der Waals surface area (Å²) in [5, 5.41) is 19.5. The third kappa shape index (κ3) is 2.77. The summed E-state index contributed by atoms with van der Waals surface area (Å²) < 4.78 is 0. The molecule has 82 valence electrons. The molecule has 1 unspecified atom stereocenters. The molecule has 8 heteroatoms. The van der Waals surface area contributed by atoms with Crippen molar-refractivity contribution in [1.29, 1.82) is 0 Å². The number of aliphatic hydroxyl groups excluding tert-OH is 1. The minimum atomic E-state index is -0.623. The fraction of sp³-hybridized carbons (Fsp3) is 0.429. The van der Waals surface area contributed by atoms with E-state index in [4.69, 9.17) is 10.8 Å². The van der Waals surface area contributed by atoms with E-state index in [9.17, 15) is 10.1 Å². The van der Waals surface area contributed by atoms with Crippen molar-refractivity contribution >= 4 is 23.3 Å². The van der Waals surface area contributed by atoms with E-state index in [2.05, 4.69) is 9.97 Å². The molecule has 3 N–H and O–H groups in total. The highest BCUT2D eigenvalue weighted by atomic mass is 32.2. The lowest BCUT2D eigenvalue weighted by atomic mass is 10.5. The van der Waals surface area contributed by atoms with Crippen LogP contribution in [0.2, 0.25) is 0 Å². The van der Waals surface area contributed by atoms with Gasteiger partial charge in [-0.3, -0.25) is 10.1 Å². The van der Waals surface area contributed by atoms with Gasteiger partial charge in [-0.25, -0.2) is 9.97 Å². The summed E-state index contributed by atoms with van der Waals surface area (Å²) in [6.07, 6.45) is 1.16. The number of hydrogen-bond donors (Lipinski definition) is 2. The second kappa shape index (κ2) is 4.89. The predicted molar refractivity (Wildman–Crippen MR) is 55.5 cm³/mol. The second-order valence-electron chi connectivity index (χ2n) is 2.78. The first kappa shape index (κ1) is 11.7. The van der Waals surface area contributed by atoms with Crippen LogP contribution in [0.1, 0.15) is 6.92 Å². The molecule has 7 nitrogen and oxygen atoms in total. The Morgan fingerprint density at radius 3 is 2.93 bits per heavy atom. The van der Waals surface area contributed by atoms with Crippen LogP contribution in [0.15, 0.2) is 11.4 Å². The summed E-state index contributed by atoms with van der Waals surface area (Å²) in [5.74, 6) is -0.164. The summed E-state index contributed by atoms with van der Waals surface area (Å²) in [6, 6.07) is 0. The zero-order chi connectivity index (χ0) is 11.4. The van der Waals surface area contributed by atoms with E-state index in [-0.39, 0.29) is 28.4 Å². The maximum Gasteiger partial charge on any atom is 0.343 e. The van der Waals surface area contributed by atoms with Gasteiger partial charge in [-0.05, 0) is 0 Å². The molecule has 0 bridgehead atoms. The summed E-state index contributed by atoms with van der Waals surface area (Å²) in [6.45, 7) is 1.64. The molecular weight excluding hydrogens is 220 g/mol. The number of thioether (sulfide) groups is 1. The third-order valence-electron chi connectivity index (χ3n) is 1.57. The Morgan fingerprint density at radius 2 is 2.40 bits per heavy atom. The van der Waals surface area contributed by atoms with Crippen molar-refractivity contribution in [2.24, 2.45) is 0 Å². The maximum atomic E-state index is 10.7. The van der Waals surface area contributed by atoms with Crippen LogP contribution >= 0.6 is 11.8 Å². The van der Waals surface area contributed by atoms with Gasteiger partial charge in [-0.2, -0.15) is 0 Å². The monoisotopic (exact) mass is 230 g/mol. The molecule has 0 aliphatic carbocycles. The van der Waals surface area contributed by atoms with E-state index in [1.807, 2.05) is 0 Å². The van der Waals surface area contributed by atoms with Crippen LogP contribution in [0.5, 0.6) is 0 Å². The Balaban J connectivity index is 3.06. The molecule has 0 fully saturated rings. The number of anilines is 1. The van der Waals surface area contributed by atoms with Crippen molar-refractivity contribution in [1.82, 2.24) is 9.97 Å². The van der Waals surface area contributed by atoms with Gasteiger partial charge in [-0.15, -0.1) is 0 Å². The minimum absolute atomic E-state index is 0.0915. The molecule has 0 saturated carbocycles. The fourth-order valence-corrected chi connectivity index (χ4v) is 1.72. The highest BCUT2D eigenvalue weighted by Gasteiger charge is 2.22. The molecule has 0 amide bonds. The first-order chi connectivity index (χ1) is 7.06. The Kier molecular flexibility index (Phi) is 3.81. The average Bonchev–Trinajstić information content (AvgIpc) is 2.17. The van der Waals surface area contributed by atoms with E-state index in [0.29, 0.717) is 0 Å². The van der Waals surface area contributed by atoms with Gasteiger partial charge in [0.2, 0.25) is 5.82 Å². The van der Waals surface area contributed by atoms with Gasteiger partial charge in [0.25, 0.3) is 0 Å². The zero-order valence-corrected chi connectivity index (χ0v) is 8.77. The quantitative estimate of drug-likeness (QED) is 0.333. The summed E-state index contributed by atoms with van der Waals surface area (Å²) >= 11 is 1.09. The molecule has 0 saturated heterocycles. The van der Waals surface area contributed by atoms with Crippen molar-refractivity contribution < 1.29 is 10.0 Å². The second-order valence-corrected chi connectivity index (χ2v) is 4.21. The van der Waals surface area contributed by atoms with Gasteiger partial charge >= 0.3 is 5.69 Å². The highest BCUT2D eigenvalue weighted by Crippen LogP contribution is 2.32. The number of nitro groups is 1. The largest absolute Gasteiger partial charge is 0.395 e. The maximum absolute atomic E-state index is 10.7. The summed E-state index contributed by atoms with van der Waals surface area (Å²) in [7, 11) is 0. The van der Waals surface area contributed by atoms with Crippen LogP contribution in [-0.4, -0.2) is 31.9 Å². The van der Waals surface area contributed by atoms with Gasteiger partial charge in [0, 0.05) is 5.25 Å². The van der Waals surface area contributed by atoms with Crippen LogP contribution in [0.25, 0.3) is 0 Å². The molecule has 1 atom stereocenters. The topological polar surface area (TPSA) is 115 Å². The number of rotatable bonds is 4. The molecule has 1 heterocycles. The Bertz CT molecular complexity index is 373. The zero-order valence-electron chi connectivity index (χ0n) is 7.95. The smallest absolute Gasteiger partial charge is 0.343 e. The lowest BCUT2D eigenvalue weighted by Gasteiger charge is -2.06. The molecule has 0 aliphatic heterocycles. The molecule has 0 spiro atoms. The number of nitrogens with zero attached hydrogens (tertiary/aromatic N) is 3. The van der Waals surface area contributed by atoms with Crippen molar-refractivity contribution in [3.05, 3.63) is 16.4 Å². The minimum Gasteiger partial charge on any atom is -0.395 e. The van der Waals surface area contributed by atoms with E-state index in [1.54, 1.807) is 6.92 Å². The summed E-state index contributed by atoms with van der Waals surface area (Å²) in [5.41, 5.74) is 5.07. The van der Waals surface area contributed by atoms with Gasteiger partial charge in [0.05, 0.1) is 11.5 Å². The third-order valence-corrected chi connectivity index (χ3v) is 2.64. The van der Waals surface area contributed by atoms with E-state index >= 15 is 0 Å². The lowest BCUT2D eigenvalue weighted by Crippen LogP contribution is -2.06. The molecule has 1 rings (SSSR count). The predicted octanol–water partition coefficient (Wildman–Crippen LogP) is 0.440. The van der Waals surface area contributed by atoms with Crippen LogP contribution < -0.4 is 5.73 Å². The first-order valence-electron chi connectivity index (χ1n) is 4.08. The average molecular weight is 230 g/mol. The van der Waals surface area contributed by atoms with Gasteiger partial charge in [0.15, 0.2) is 5.03 Å². The SMILES string of the molecule is CC(CO)Sc1ncnc(N)c1[N+](=O)[O-]. The lowest BCUT2D eigenvalue weighted by molar-refractivity contribution is -0.387. The van der Waals surface area contributed by atoms with Crippen molar-refractivity contribution in [3.8, 4) is 0 Å². The van der Waals surface area contributed by atoms with Gasteiger partial charge < -0.3 is 10.8 Å². The molecule has 1 aromatic heterocycles. The molecule has 15 heavy (non-hydrogen) atoms. The number of nitrogens with two attached hydrogens (primary N) is 1. The number of aliphatic hydroxyl groups is 1. The fourth-order valence-electron chi connectivity index (χ4n) is 0.861. The summed E-state index contributed by atoms with van der Waals surface area (Å²) in [4.78, 5) is 17.4. The molecule has 0 radical (unpaired) electrons. The Hall–Kier alpha value is -1.41. The number of nitrogen functional groups attached to an aromatic ring is 1. The normalized spacial score (nSPS) is 12.4. The van der Waals surface area contributed by atoms with E-state index in [0.717, 1.165) is 18.1 Å². The standard InChI is InChI=1S/C7H10N4O3S/c1-4(2-12)15-7-5(11(13)14)6(8)9-3-10-7/h3-4,12H,2H2,1H3,(H2,8,9,10). The number of hydrogen-bond acceptors (Lipinski definition) is 7. The first-order valence-corrected chi connectivity index (χ1v) is 4.96. The van der Waals surface area contributed by atoms with Crippen molar-refractivity contribution in [2.75, 3.05) is 12.3 Å². The highest BCUT2D eigenvalue weighted by molar-refractivity contribution is 8.00. The van der Waals surface area contributed by atoms with Crippen LogP contribution in [0.3, 0.4) is 0 Å². The van der Waals surface area contributed by atoms with Crippen molar-refractivity contribution in [2.45, 2.75) is 17.2 Å². The molecule has 0 aliphatic rings. The van der Waals surface area contributed by atoms with Crippen LogP contribution in [0, 0.1) is 10.1 Å². The van der Waals surface area contributed by atoms with E-state index < -0.39 is 4.92 Å². The van der Waals surface area contributed by atoms with Gasteiger partial charge in [-0.1, -0.05) is 18.7 Å². The van der Waals surface area contributed by atoms with Crippen molar-refractivity contribution in [3.63, 3.8) is 0 Å². The molecule has 1 aromatic rings.